The van der Waals surface area contributed by atoms with E-state index in [9.17, 15) is 21.6 Å². The minimum absolute atomic E-state index is 0.333. The predicted molar refractivity (Wildman–Crippen MR) is 201 cm³/mol. The van der Waals surface area contributed by atoms with Gasteiger partial charge < -0.3 is 19.5 Å². The van der Waals surface area contributed by atoms with Crippen molar-refractivity contribution < 1.29 is 35.8 Å². The number of nitrogens with zero attached hydrogens (tertiary/aromatic N) is 3. The third-order valence-corrected chi connectivity index (χ3v) is 15.3. The van der Waals surface area contributed by atoms with Crippen molar-refractivity contribution in [2.45, 2.75) is 99.6 Å². The summed E-state index contributed by atoms with van der Waals surface area (Å²) in [5.41, 5.74) is 11.3. The highest BCUT2D eigenvalue weighted by Crippen LogP contribution is 2.41. The van der Waals surface area contributed by atoms with Crippen molar-refractivity contribution in [1.29, 1.82) is 5.26 Å². The molecule has 4 N–H and O–H groups in total. The molecule has 16 heteroatoms. The molecule has 2 aromatic carbocycles. The lowest BCUT2D eigenvalue weighted by Gasteiger charge is -2.46. The summed E-state index contributed by atoms with van der Waals surface area (Å²) in [6, 6.07) is 4.77. The summed E-state index contributed by atoms with van der Waals surface area (Å²) >= 11 is 0. The fourth-order valence-electron chi connectivity index (χ4n) is 9.06. The van der Waals surface area contributed by atoms with Crippen LogP contribution in [0.25, 0.3) is 0 Å². The van der Waals surface area contributed by atoms with Crippen LogP contribution in [0.2, 0.25) is 0 Å². The molecule has 14 nitrogen and oxygen atoms in total. The first-order chi connectivity index (χ1) is 26.0. The van der Waals surface area contributed by atoms with Crippen LogP contribution < -0.4 is 19.9 Å². The Balaban J connectivity index is 0.000000128. The number of anilines is 1. The number of nitriles is 1. The van der Waals surface area contributed by atoms with Crippen LogP contribution in [0.5, 0.6) is 5.75 Å². The summed E-state index contributed by atoms with van der Waals surface area (Å²) in [7, 11) is -6.97. The number of hydrogen-bond donors (Lipinski definition) is 3. The standard InChI is InChI=1S/C19H25N3O4S.C13H13NO.C6H12N2O3S/c23-19(21-27(24,25)15-8-22(9-15)14-10-26-11-14)20-18-16-5-1-3-12(16)7-13-4-2-6-17(13)18;14-8-15-13-11-5-1-3-9(11)7-10-4-2-6-12(10)13;7-12(9,10)6-1-8(2-6)5-3-11-4-5/h7,14-15H,1-6,8-11H2,(H2,20,21,23);7H,1-6H2;5-6H,1-4H2,(H2,7,9,10). The molecule has 0 radical (unpaired) electrons. The van der Waals surface area contributed by atoms with E-state index in [0.717, 1.165) is 88.9 Å². The van der Waals surface area contributed by atoms with Crippen molar-refractivity contribution in [3.8, 4) is 12.0 Å². The molecule has 0 aromatic heterocycles. The monoisotopic (exact) mass is 782 g/mol. The maximum atomic E-state index is 12.5. The fourth-order valence-corrected chi connectivity index (χ4v) is 11.1. The van der Waals surface area contributed by atoms with E-state index in [1.807, 2.05) is 6.26 Å². The van der Waals surface area contributed by atoms with Gasteiger partial charge in [-0.15, -0.1) is 5.26 Å². The molecule has 0 bridgehead atoms. The minimum atomic E-state index is -3.67. The number of fused-ring (bicyclic) bond motifs is 4. The molecule has 8 aliphatic rings. The first-order valence-corrected chi connectivity index (χ1v) is 22.5. The van der Waals surface area contributed by atoms with Crippen LogP contribution in [0.15, 0.2) is 12.1 Å². The number of primary sulfonamides is 1. The lowest BCUT2D eigenvalue weighted by molar-refractivity contribution is -0.0830. The average Bonchev–Trinajstić information content (AvgIpc) is 3.85. The summed E-state index contributed by atoms with van der Waals surface area (Å²) in [4.78, 5) is 16.7. The second-order valence-electron chi connectivity index (χ2n) is 15.8. The molecule has 4 fully saturated rings. The summed E-state index contributed by atoms with van der Waals surface area (Å²) in [6.07, 6.45) is 14.9. The zero-order valence-corrected chi connectivity index (χ0v) is 32.2. The molecular formula is C38H50N6O8S2. The molecule has 54 heavy (non-hydrogen) atoms. The number of urea groups is 1. The molecule has 4 aliphatic carbocycles. The number of nitrogens with two attached hydrogens (primary N) is 1. The maximum absolute atomic E-state index is 12.5. The third kappa shape index (κ3) is 7.61. The van der Waals surface area contributed by atoms with E-state index in [1.165, 1.54) is 57.3 Å². The van der Waals surface area contributed by atoms with Gasteiger partial charge in [0, 0.05) is 31.9 Å². The van der Waals surface area contributed by atoms with Crippen molar-refractivity contribution >= 4 is 31.8 Å². The number of aryl methyl sites for hydroxylation is 4. The van der Waals surface area contributed by atoms with E-state index in [2.05, 4.69) is 32.0 Å². The number of likely N-dealkylation sites (tertiary alicyclic amines) is 2. The summed E-state index contributed by atoms with van der Waals surface area (Å²) in [5, 5.41) is 15.7. The largest absolute Gasteiger partial charge is 0.387 e. The normalized spacial score (nSPS) is 22.3. The highest BCUT2D eigenvalue weighted by atomic mass is 32.2. The lowest BCUT2D eigenvalue weighted by atomic mass is 9.99. The number of rotatable bonds is 7. The molecule has 0 spiro atoms. The Labute approximate surface area is 317 Å². The Bertz CT molecular complexity index is 1990. The van der Waals surface area contributed by atoms with Gasteiger partial charge in [0.2, 0.25) is 20.0 Å². The van der Waals surface area contributed by atoms with Gasteiger partial charge >= 0.3 is 6.03 Å². The summed E-state index contributed by atoms with van der Waals surface area (Å²) in [5.74, 6) is 0.903. The molecule has 292 valence electrons. The Hall–Kier alpha value is -3.30. The first-order valence-electron chi connectivity index (χ1n) is 19.3. The Kier molecular flexibility index (Phi) is 10.7. The first kappa shape index (κ1) is 37.6. The molecule has 4 saturated heterocycles. The van der Waals surface area contributed by atoms with Crippen LogP contribution in [-0.4, -0.2) is 108 Å². The summed E-state index contributed by atoms with van der Waals surface area (Å²) < 4.78 is 64.2. The van der Waals surface area contributed by atoms with Crippen molar-refractivity contribution in [3.63, 3.8) is 0 Å². The van der Waals surface area contributed by atoms with Gasteiger partial charge in [0.1, 0.15) is 16.2 Å². The molecule has 0 atom stereocenters. The number of sulfonamides is 2. The number of carbonyl (C=O) groups excluding carboxylic acids is 1. The minimum Gasteiger partial charge on any atom is -0.387 e. The van der Waals surface area contributed by atoms with Crippen LogP contribution in [0, 0.1) is 11.5 Å². The molecule has 10 rings (SSSR count). The van der Waals surface area contributed by atoms with Crippen LogP contribution in [0.4, 0.5) is 10.5 Å². The number of ether oxygens (including phenoxy) is 3. The molecule has 2 aromatic rings. The Morgan fingerprint density at radius 2 is 1.13 bits per heavy atom. The van der Waals surface area contributed by atoms with E-state index in [4.69, 9.17) is 24.6 Å². The Morgan fingerprint density at radius 1 is 0.704 bits per heavy atom. The zero-order valence-electron chi connectivity index (χ0n) is 30.6. The van der Waals surface area contributed by atoms with Crippen molar-refractivity contribution in [2.24, 2.45) is 5.14 Å². The highest BCUT2D eigenvalue weighted by Gasteiger charge is 2.43. The van der Waals surface area contributed by atoms with Crippen LogP contribution in [0.1, 0.15) is 70.2 Å². The topological polar surface area (TPSA) is 193 Å². The summed E-state index contributed by atoms with van der Waals surface area (Å²) in [6.45, 7) is 4.89. The molecular weight excluding hydrogens is 733 g/mol. The quantitative estimate of drug-likeness (QED) is 0.349. The average molecular weight is 783 g/mol. The van der Waals surface area contributed by atoms with Gasteiger partial charge in [-0.3, -0.25) is 9.80 Å². The van der Waals surface area contributed by atoms with Gasteiger partial charge in [-0.05, 0) is 122 Å². The predicted octanol–water partition coefficient (Wildman–Crippen LogP) is 2.08. The van der Waals surface area contributed by atoms with Gasteiger partial charge in [0.15, 0.2) is 0 Å². The Morgan fingerprint density at radius 3 is 1.54 bits per heavy atom. The molecule has 0 saturated carbocycles. The number of hydrogen-bond acceptors (Lipinski definition) is 11. The number of carbonyl (C=O) groups is 1. The second-order valence-corrected chi connectivity index (χ2v) is 19.6. The second kappa shape index (κ2) is 15.3. The molecule has 4 aliphatic heterocycles. The number of benzene rings is 2. The number of amides is 2. The number of nitrogens with one attached hydrogen (secondary N) is 2. The van der Waals surface area contributed by atoms with Crippen LogP contribution in [-0.2, 0) is 80.9 Å². The highest BCUT2D eigenvalue weighted by molar-refractivity contribution is 7.90. The van der Waals surface area contributed by atoms with E-state index in [0.29, 0.717) is 51.5 Å². The van der Waals surface area contributed by atoms with Crippen molar-refractivity contribution in [2.75, 3.05) is 57.9 Å². The van der Waals surface area contributed by atoms with Crippen LogP contribution in [0.3, 0.4) is 0 Å². The van der Waals surface area contributed by atoms with E-state index in [-0.39, 0.29) is 5.25 Å². The lowest BCUT2D eigenvalue weighted by Crippen LogP contribution is -2.65. The maximum Gasteiger partial charge on any atom is 0.332 e. The molecule has 4 heterocycles. The van der Waals surface area contributed by atoms with Crippen molar-refractivity contribution in [1.82, 2.24) is 14.5 Å². The third-order valence-electron chi connectivity index (χ3n) is 12.4. The van der Waals surface area contributed by atoms with E-state index >= 15 is 0 Å². The zero-order chi connectivity index (χ0) is 37.6. The SMILES string of the molecule is N#COc1c2c(cc3c1CCC3)CCC2.NS(=O)(=O)C1CN(C2COC2)C1.O=C(Nc1c2c(cc3c1CCC3)CCC2)NS(=O)(=O)C1CN(C2COC2)C1. The molecule has 0 unspecified atom stereocenters. The van der Waals surface area contributed by atoms with Gasteiger partial charge in [-0.25, -0.2) is 31.5 Å². The van der Waals surface area contributed by atoms with Gasteiger partial charge in [-0.2, -0.15) is 0 Å². The fraction of sp³-hybridized carbons (Fsp3) is 0.632. The van der Waals surface area contributed by atoms with Crippen molar-refractivity contribution in [3.05, 3.63) is 56.6 Å². The van der Waals surface area contributed by atoms with Gasteiger partial charge in [0.25, 0.3) is 6.26 Å². The smallest absolute Gasteiger partial charge is 0.332 e. The van der Waals surface area contributed by atoms with E-state index in [1.54, 1.807) is 0 Å². The molecule has 2 amide bonds. The van der Waals surface area contributed by atoms with Gasteiger partial charge in [0.05, 0.1) is 38.5 Å². The van der Waals surface area contributed by atoms with E-state index < -0.39 is 31.3 Å². The van der Waals surface area contributed by atoms with Gasteiger partial charge in [-0.1, -0.05) is 12.1 Å². The van der Waals surface area contributed by atoms with Crippen LogP contribution >= 0.6 is 0 Å².